The van der Waals surface area contributed by atoms with Crippen LogP contribution in [-0.2, 0) is 9.36 Å². The topological polar surface area (TPSA) is 60.2 Å². The Morgan fingerprint density at radius 3 is 2.18 bits per heavy atom. The van der Waals surface area contributed by atoms with Crippen molar-refractivity contribution in [3.05, 3.63) is 60.2 Å². The van der Waals surface area contributed by atoms with Crippen LogP contribution in [0, 0.1) is 0 Å². The van der Waals surface area contributed by atoms with E-state index in [0.29, 0.717) is 0 Å². The number of unbranched alkanes of at least 4 members (excludes halogenated alkanes) is 1. The molecule has 2 aromatic rings. The van der Waals surface area contributed by atoms with Gasteiger partial charge in [-0.15, -0.1) is 0 Å². The Labute approximate surface area is 132 Å². The first-order valence-electron chi connectivity index (χ1n) is 7.55. The Bertz CT molecular complexity index is 638. The molecule has 2 unspecified atom stereocenters. The van der Waals surface area contributed by atoms with Crippen molar-refractivity contribution in [2.45, 2.75) is 32.1 Å². The maximum atomic E-state index is 12.5. The SMILES string of the molecule is CCCCC(C(N)=O)c1ccc([P+](=O)c2ccccc2)cc1. The lowest BCUT2D eigenvalue weighted by Crippen LogP contribution is -2.21. The van der Waals surface area contributed by atoms with Crippen LogP contribution in [0.4, 0.5) is 0 Å². The third-order valence-electron chi connectivity index (χ3n) is 3.71. The van der Waals surface area contributed by atoms with Gasteiger partial charge in [-0.1, -0.05) is 54.7 Å². The number of amides is 1. The van der Waals surface area contributed by atoms with E-state index in [0.717, 1.165) is 35.4 Å². The molecule has 22 heavy (non-hydrogen) atoms. The number of benzene rings is 2. The zero-order chi connectivity index (χ0) is 15.9. The number of carbonyl (C=O) groups is 1. The second kappa shape index (κ2) is 7.86. The average molecular weight is 314 g/mol. The van der Waals surface area contributed by atoms with Crippen LogP contribution >= 0.6 is 7.80 Å². The van der Waals surface area contributed by atoms with Crippen molar-refractivity contribution < 1.29 is 9.36 Å². The molecule has 0 aliphatic rings. The molecule has 0 aromatic heterocycles. The lowest BCUT2D eigenvalue weighted by Gasteiger charge is -2.12. The van der Waals surface area contributed by atoms with Crippen LogP contribution in [0.15, 0.2) is 54.6 Å². The van der Waals surface area contributed by atoms with Crippen molar-refractivity contribution in [2.75, 3.05) is 0 Å². The van der Waals surface area contributed by atoms with Crippen molar-refractivity contribution in [3.8, 4) is 0 Å². The molecule has 2 rings (SSSR count). The molecule has 114 valence electrons. The van der Waals surface area contributed by atoms with Gasteiger partial charge in [0, 0.05) is 0 Å². The standard InChI is InChI=1S/C18H20NO2P/c1-2-3-9-17(18(19)20)14-10-12-16(13-11-14)22(21)15-7-5-4-6-8-15/h4-8,10-13,17H,2-3,9H2,1H3,(H-,19,20)/p+1. The summed E-state index contributed by atoms with van der Waals surface area (Å²) in [6.45, 7) is 2.09. The predicted molar refractivity (Wildman–Crippen MR) is 91.2 cm³/mol. The van der Waals surface area contributed by atoms with E-state index < -0.39 is 7.80 Å². The summed E-state index contributed by atoms with van der Waals surface area (Å²) >= 11 is 0. The highest BCUT2D eigenvalue weighted by atomic mass is 31.1. The number of hydrogen-bond donors (Lipinski definition) is 1. The molecule has 0 aliphatic carbocycles. The minimum atomic E-state index is -1.59. The highest BCUT2D eigenvalue weighted by Crippen LogP contribution is 2.24. The zero-order valence-electron chi connectivity index (χ0n) is 12.7. The predicted octanol–water partition coefficient (Wildman–Crippen LogP) is 3.22. The van der Waals surface area contributed by atoms with E-state index in [4.69, 9.17) is 5.73 Å². The number of hydrogen-bond acceptors (Lipinski definition) is 2. The second-order valence-electron chi connectivity index (χ2n) is 5.32. The fourth-order valence-corrected chi connectivity index (χ4v) is 3.60. The van der Waals surface area contributed by atoms with Crippen molar-refractivity contribution in [3.63, 3.8) is 0 Å². The van der Waals surface area contributed by atoms with Gasteiger partial charge in [-0.2, -0.15) is 0 Å². The molecule has 0 radical (unpaired) electrons. The Morgan fingerprint density at radius 2 is 1.64 bits per heavy atom. The first-order chi connectivity index (χ1) is 10.6. The van der Waals surface area contributed by atoms with E-state index in [1.54, 1.807) is 0 Å². The molecule has 0 saturated heterocycles. The van der Waals surface area contributed by atoms with Crippen LogP contribution in [-0.4, -0.2) is 5.91 Å². The Hall–Kier alpha value is -1.99. The molecule has 2 atom stereocenters. The molecule has 0 bridgehead atoms. The average Bonchev–Trinajstić information content (AvgIpc) is 2.55. The summed E-state index contributed by atoms with van der Waals surface area (Å²) in [5, 5.41) is 1.58. The van der Waals surface area contributed by atoms with E-state index >= 15 is 0 Å². The molecule has 1 amide bonds. The lowest BCUT2D eigenvalue weighted by molar-refractivity contribution is -0.119. The Balaban J connectivity index is 2.19. The van der Waals surface area contributed by atoms with Gasteiger partial charge in [0.2, 0.25) is 5.91 Å². The van der Waals surface area contributed by atoms with E-state index in [-0.39, 0.29) is 11.8 Å². The van der Waals surface area contributed by atoms with Gasteiger partial charge in [0.15, 0.2) is 10.6 Å². The van der Waals surface area contributed by atoms with E-state index in [1.807, 2.05) is 54.6 Å². The number of primary amides is 1. The fraction of sp³-hybridized carbons (Fsp3) is 0.278. The molecular formula is C18H21NO2P+. The van der Waals surface area contributed by atoms with Gasteiger partial charge in [0.05, 0.1) is 5.92 Å². The van der Waals surface area contributed by atoms with Crippen LogP contribution in [0.2, 0.25) is 0 Å². The highest BCUT2D eigenvalue weighted by Gasteiger charge is 2.24. The second-order valence-corrected chi connectivity index (χ2v) is 6.94. The summed E-state index contributed by atoms with van der Waals surface area (Å²) in [6.07, 6.45) is 2.76. The highest BCUT2D eigenvalue weighted by molar-refractivity contribution is 7.61. The quantitative estimate of drug-likeness (QED) is 0.798. The number of rotatable bonds is 7. The van der Waals surface area contributed by atoms with E-state index in [2.05, 4.69) is 6.92 Å². The first kappa shape index (κ1) is 16.4. The first-order valence-corrected chi connectivity index (χ1v) is 8.81. The number of carbonyl (C=O) groups excluding carboxylic acids is 1. The van der Waals surface area contributed by atoms with Crippen LogP contribution in [0.3, 0.4) is 0 Å². The van der Waals surface area contributed by atoms with Crippen LogP contribution < -0.4 is 16.3 Å². The lowest BCUT2D eigenvalue weighted by atomic mass is 9.93. The molecule has 0 saturated carbocycles. The fourth-order valence-electron chi connectivity index (χ4n) is 2.44. The van der Waals surface area contributed by atoms with Crippen molar-refractivity contribution in [1.29, 1.82) is 0 Å². The summed E-state index contributed by atoms with van der Waals surface area (Å²) < 4.78 is 12.5. The Kier molecular flexibility index (Phi) is 5.85. The van der Waals surface area contributed by atoms with Gasteiger partial charge in [-0.3, -0.25) is 4.79 Å². The molecule has 4 heteroatoms. The zero-order valence-corrected chi connectivity index (χ0v) is 13.6. The number of nitrogens with two attached hydrogens (primary N) is 1. The molecule has 2 N–H and O–H groups in total. The summed E-state index contributed by atoms with van der Waals surface area (Å²) in [6, 6.07) is 16.8. The van der Waals surface area contributed by atoms with Gasteiger partial charge in [-0.25, -0.2) is 0 Å². The molecule has 0 spiro atoms. The molecule has 0 fully saturated rings. The maximum absolute atomic E-state index is 12.5. The Morgan fingerprint density at radius 1 is 1.05 bits per heavy atom. The normalized spacial score (nSPS) is 12.7. The third-order valence-corrected chi connectivity index (χ3v) is 5.24. The van der Waals surface area contributed by atoms with Crippen LogP contribution in [0.25, 0.3) is 0 Å². The summed E-state index contributed by atoms with van der Waals surface area (Å²) in [5.74, 6) is -0.558. The maximum Gasteiger partial charge on any atom is 0.415 e. The van der Waals surface area contributed by atoms with Gasteiger partial charge >= 0.3 is 7.80 Å². The van der Waals surface area contributed by atoms with Crippen molar-refractivity contribution in [2.24, 2.45) is 5.73 Å². The smallest absolute Gasteiger partial charge is 0.369 e. The minimum absolute atomic E-state index is 0.261. The summed E-state index contributed by atoms with van der Waals surface area (Å²) in [7, 11) is -1.59. The van der Waals surface area contributed by atoms with Crippen molar-refractivity contribution >= 4 is 24.3 Å². The van der Waals surface area contributed by atoms with Gasteiger partial charge in [0.1, 0.15) is 0 Å². The molecule has 0 heterocycles. The van der Waals surface area contributed by atoms with E-state index in [9.17, 15) is 9.36 Å². The van der Waals surface area contributed by atoms with Crippen LogP contribution in [0.5, 0.6) is 0 Å². The summed E-state index contributed by atoms with van der Waals surface area (Å²) in [5.41, 5.74) is 6.41. The summed E-state index contributed by atoms with van der Waals surface area (Å²) in [4.78, 5) is 11.6. The molecule has 2 aromatic carbocycles. The van der Waals surface area contributed by atoms with Gasteiger partial charge in [-0.05, 0) is 36.2 Å². The van der Waals surface area contributed by atoms with Gasteiger partial charge < -0.3 is 5.73 Å². The molecular weight excluding hydrogens is 293 g/mol. The van der Waals surface area contributed by atoms with E-state index in [1.165, 1.54) is 0 Å². The third kappa shape index (κ3) is 4.02. The molecule has 3 nitrogen and oxygen atoms in total. The minimum Gasteiger partial charge on any atom is -0.369 e. The molecule has 0 aliphatic heterocycles. The van der Waals surface area contributed by atoms with Gasteiger partial charge in [0.25, 0.3) is 0 Å². The van der Waals surface area contributed by atoms with Crippen molar-refractivity contribution in [1.82, 2.24) is 0 Å². The largest absolute Gasteiger partial charge is 0.415 e. The monoisotopic (exact) mass is 314 g/mol. The van der Waals surface area contributed by atoms with Crippen LogP contribution in [0.1, 0.15) is 37.7 Å².